The van der Waals surface area contributed by atoms with Gasteiger partial charge in [0.1, 0.15) is 5.75 Å². The number of nitrogens with zero attached hydrogens (tertiary/aromatic N) is 1. The van der Waals surface area contributed by atoms with Gasteiger partial charge in [-0.1, -0.05) is 18.2 Å². The number of carbonyl (C=O) groups excluding carboxylic acids is 1. The Hall–Kier alpha value is -2.82. The molecule has 2 N–H and O–H groups in total. The van der Waals surface area contributed by atoms with Crippen molar-refractivity contribution in [3.63, 3.8) is 0 Å². The van der Waals surface area contributed by atoms with Crippen LogP contribution < -0.4 is 15.5 Å². The summed E-state index contributed by atoms with van der Waals surface area (Å²) in [6, 6.07) is 16.9. The van der Waals surface area contributed by atoms with Crippen LogP contribution in [0.2, 0.25) is 0 Å². The van der Waals surface area contributed by atoms with E-state index in [4.69, 9.17) is 4.74 Å². The van der Waals surface area contributed by atoms with E-state index in [0.29, 0.717) is 0 Å². The van der Waals surface area contributed by atoms with E-state index in [-0.39, 0.29) is 12.5 Å². The molecule has 0 aliphatic carbocycles. The minimum Gasteiger partial charge on any atom is -0.497 e. The Kier molecular flexibility index (Phi) is 5.34. The first-order valence-corrected chi connectivity index (χ1v) is 6.53. The Bertz CT molecular complexity index is 595. The van der Waals surface area contributed by atoms with Gasteiger partial charge in [-0.15, -0.1) is 0 Å². The second kappa shape index (κ2) is 7.69. The molecule has 0 atom stereocenters. The number of amides is 1. The average Bonchev–Trinajstić information content (AvgIpc) is 2.54. The van der Waals surface area contributed by atoms with Crippen molar-refractivity contribution in [1.29, 1.82) is 0 Å². The maximum atomic E-state index is 11.6. The molecule has 0 bridgehead atoms. The zero-order valence-electron chi connectivity index (χ0n) is 11.7. The molecule has 5 nitrogen and oxygen atoms in total. The van der Waals surface area contributed by atoms with Crippen molar-refractivity contribution in [2.24, 2.45) is 5.10 Å². The number of methoxy groups -OCH3 is 1. The van der Waals surface area contributed by atoms with E-state index >= 15 is 0 Å². The Balaban J connectivity index is 1.76. The van der Waals surface area contributed by atoms with Crippen molar-refractivity contribution in [1.82, 2.24) is 5.43 Å². The molecule has 5 heteroatoms. The summed E-state index contributed by atoms with van der Waals surface area (Å²) in [5.74, 6) is 0.576. The van der Waals surface area contributed by atoms with Crippen LogP contribution in [-0.2, 0) is 4.79 Å². The summed E-state index contributed by atoms with van der Waals surface area (Å²) >= 11 is 0. The number of para-hydroxylation sites is 1. The molecule has 0 saturated heterocycles. The Morgan fingerprint density at radius 2 is 1.86 bits per heavy atom. The summed E-state index contributed by atoms with van der Waals surface area (Å²) in [7, 11) is 1.61. The van der Waals surface area contributed by atoms with E-state index in [9.17, 15) is 4.79 Å². The summed E-state index contributed by atoms with van der Waals surface area (Å²) in [4.78, 5) is 11.6. The van der Waals surface area contributed by atoms with E-state index < -0.39 is 0 Å². The van der Waals surface area contributed by atoms with Gasteiger partial charge in [0.15, 0.2) is 0 Å². The third-order valence-electron chi connectivity index (χ3n) is 2.75. The van der Waals surface area contributed by atoms with Crippen LogP contribution in [-0.4, -0.2) is 25.8 Å². The van der Waals surface area contributed by atoms with Crippen molar-refractivity contribution in [2.45, 2.75) is 0 Å². The monoisotopic (exact) mass is 283 g/mol. The standard InChI is InChI=1S/C16H17N3O2/c1-21-15-9-7-13(8-10-15)11-18-19-16(20)12-17-14-5-3-2-4-6-14/h2-11,17H,12H2,1H3,(H,19,20). The smallest absolute Gasteiger partial charge is 0.259 e. The second-order valence-electron chi connectivity index (χ2n) is 4.29. The maximum Gasteiger partial charge on any atom is 0.259 e. The number of anilines is 1. The normalized spacial score (nSPS) is 10.3. The first kappa shape index (κ1) is 14.6. The molecular weight excluding hydrogens is 266 g/mol. The molecule has 0 heterocycles. The van der Waals surface area contributed by atoms with Crippen LogP contribution in [0.5, 0.6) is 5.75 Å². The van der Waals surface area contributed by atoms with Crippen LogP contribution in [0.15, 0.2) is 59.7 Å². The number of hydrogen-bond acceptors (Lipinski definition) is 4. The quantitative estimate of drug-likeness (QED) is 0.631. The highest BCUT2D eigenvalue weighted by atomic mass is 16.5. The molecular formula is C16H17N3O2. The fourth-order valence-electron chi connectivity index (χ4n) is 1.65. The average molecular weight is 283 g/mol. The number of ether oxygens (including phenoxy) is 1. The molecule has 0 unspecified atom stereocenters. The summed E-state index contributed by atoms with van der Waals surface area (Å²) in [6.45, 7) is 0.171. The van der Waals surface area contributed by atoms with E-state index in [1.165, 1.54) is 0 Å². The molecule has 108 valence electrons. The van der Waals surface area contributed by atoms with Crippen molar-refractivity contribution in [3.05, 3.63) is 60.2 Å². The highest BCUT2D eigenvalue weighted by Gasteiger charge is 1.98. The van der Waals surface area contributed by atoms with Crippen LogP contribution in [0.1, 0.15) is 5.56 Å². The highest BCUT2D eigenvalue weighted by Crippen LogP contribution is 2.09. The number of carbonyl (C=O) groups is 1. The van der Waals surface area contributed by atoms with Crippen molar-refractivity contribution in [3.8, 4) is 5.75 Å². The third-order valence-corrected chi connectivity index (χ3v) is 2.75. The summed E-state index contributed by atoms with van der Waals surface area (Å²) in [5.41, 5.74) is 4.24. The van der Waals surface area contributed by atoms with Crippen LogP contribution in [0, 0.1) is 0 Å². The predicted octanol–water partition coefficient (Wildman–Crippen LogP) is 2.26. The van der Waals surface area contributed by atoms with E-state index in [1.807, 2.05) is 54.6 Å². The number of benzene rings is 2. The van der Waals surface area contributed by atoms with Gasteiger partial charge in [0, 0.05) is 5.69 Å². The lowest BCUT2D eigenvalue weighted by Gasteiger charge is -2.04. The number of hydrogen-bond donors (Lipinski definition) is 2. The molecule has 2 aromatic rings. The first-order valence-electron chi connectivity index (χ1n) is 6.53. The first-order chi connectivity index (χ1) is 10.3. The van der Waals surface area contributed by atoms with Gasteiger partial charge in [-0.05, 0) is 42.0 Å². The molecule has 0 radical (unpaired) electrons. The molecule has 0 aliphatic heterocycles. The molecule has 2 aromatic carbocycles. The van der Waals surface area contributed by atoms with Crippen molar-refractivity contribution in [2.75, 3.05) is 19.0 Å². The molecule has 0 saturated carbocycles. The summed E-state index contributed by atoms with van der Waals surface area (Å²) in [6.07, 6.45) is 1.58. The zero-order chi connectivity index (χ0) is 14.9. The molecule has 21 heavy (non-hydrogen) atoms. The summed E-state index contributed by atoms with van der Waals surface area (Å²) in [5, 5.41) is 6.91. The molecule has 0 aromatic heterocycles. The van der Waals surface area contributed by atoms with Gasteiger partial charge in [-0.2, -0.15) is 5.10 Å². The molecule has 1 amide bonds. The molecule has 0 aliphatic rings. The van der Waals surface area contributed by atoms with Crippen LogP contribution in [0.3, 0.4) is 0 Å². The minimum atomic E-state index is -0.205. The Morgan fingerprint density at radius 3 is 2.52 bits per heavy atom. The molecule has 0 spiro atoms. The topological polar surface area (TPSA) is 62.7 Å². The van der Waals surface area contributed by atoms with Crippen LogP contribution >= 0.6 is 0 Å². The van der Waals surface area contributed by atoms with Gasteiger partial charge in [-0.3, -0.25) is 4.79 Å². The van der Waals surface area contributed by atoms with Gasteiger partial charge in [0.25, 0.3) is 5.91 Å². The van der Waals surface area contributed by atoms with Crippen molar-refractivity contribution < 1.29 is 9.53 Å². The Labute approximate surface area is 123 Å². The fourth-order valence-corrected chi connectivity index (χ4v) is 1.65. The number of hydrazone groups is 1. The maximum absolute atomic E-state index is 11.6. The minimum absolute atomic E-state index is 0.171. The molecule has 2 rings (SSSR count). The van der Waals surface area contributed by atoms with Crippen LogP contribution in [0.25, 0.3) is 0 Å². The van der Waals surface area contributed by atoms with Gasteiger partial charge in [0.05, 0.1) is 19.9 Å². The Morgan fingerprint density at radius 1 is 1.14 bits per heavy atom. The largest absolute Gasteiger partial charge is 0.497 e. The van der Waals surface area contributed by atoms with Gasteiger partial charge >= 0.3 is 0 Å². The fraction of sp³-hybridized carbons (Fsp3) is 0.125. The lowest BCUT2D eigenvalue weighted by atomic mass is 10.2. The third kappa shape index (κ3) is 4.99. The second-order valence-corrected chi connectivity index (χ2v) is 4.29. The summed E-state index contributed by atoms with van der Waals surface area (Å²) < 4.78 is 5.06. The molecule has 0 fully saturated rings. The van der Waals surface area contributed by atoms with E-state index in [2.05, 4.69) is 15.8 Å². The lowest BCUT2D eigenvalue weighted by Crippen LogP contribution is -2.25. The predicted molar refractivity (Wildman–Crippen MR) is 83.7 cm³/mol. The highest BCUT2D eigenvalue weighted by molar-refractivity contribution is 5.84. The lowest BCUT2D eigenvalue weighted by molar-refractivity contribution is -0.119. The van der Waals surface area contributed by atoms with Crippen LogP contribution in [0.4, 0.5) is 5.69 Å². The van der Waals surface area contributed by atoms with Crippen molar-refractivity contribution >= 4 is 17.8 Å². The van der Waals surface area contributed by atoms with E-state index in [1.54, 1.807) is 13.3 Å². The number of rotatable bonds is 6. The van der Waals surface area contributed by atoms with Gasteiger partial charge in [-0.25, -0.2) is 5.43 Å². The number of nitrogens with one attached hydrogen (secondary N) is 2. The SMILES string of the molecule is COc1ccc(C=NNC(=O)CNc2ccccc2)cc1. The zero-order valence-corrected chi connectivity index (χ0v) is 11.7. The van der Waals surface area contributed by atoms with Gasteiger partial charge in [0.2, 0.25) is 0 Å². The van der Waals surface area contributed by atoms with E-state index in [0.717, 1.165) is 17.0 Å². The van der Waals surface area contributed by atoms with Gasteiger partial charge < -0.3 is 10.1 Å².